The predicted octanol–water partition coefficient (Wildman–Crippen LogP) is 2.80. The Labute approximate surface area is 120 Å². The average molecular weight is 276 g/mol. The Balaban J connectivity index is 1.88. The van der Waals surface area contributed by atoms with Gasteiger partial charge in [0.15, 0.2) is 0 Å². The van der Waals surface area contributed by atoms with Crippen molar-refractivity contribution in [3.8, 4) is 5.75 Å². The molecule has 110 valence electrons. The zero-order valence-electron chi connectivity index (χ0n) is 12.3. The van der Waals surface area contributed by atoms with Gasteiger partial charge in [-0.25, -0.2) is 0 Å². The summed E-state index contributed by atoms with van der Waals surface area (Å²) in [5.74, 6) is 1.41. The van der Waals surface area contributed by atoms with Gasteiger partial charge in [-0.15, -0.1) is 0 Å². The van der Waals surface area contributed by atoms with Crippen molar-refractivity contribution in [3.63, 3.8) is 0 Å². The smallest absolute Gasteiger partial charge is 0.225 e. The molecule has 0 radical (unpaired) electrons. The fraction of sp³-hybridized carbons (Fsp3) is 0.562. The van der Waals surface area contributed by atoms with Crippen molar-refractivity contribution in [1.29, 1.82) is 0 Å². The Kier molecular flexibility index (Phi) is 5.41. The molecule has 1 aliphatic heterocycles. The van der Waals surface area contributed by atoms with E-state index in [1.54, 1.807) is 0 Å². The van der Waals surface area contributed by atoms with Crippen LogP contribution in [0.15, 0.2) is 24.3 Å². The highest BCUT2D eigenvalue weighted by Gasteiger charge is 2.23. The Morgan fingerprint density at radius 3 is 3.10 bits per heavy atom. The third kappa shape index (κ3) is 4.23. The van der Waals surface area contributed by atoms with E-state index in [1.807, 2.05) is 31.2 Å². The first kappa shape index (κ1) is 14.9. The number of benzene rings is 1. The minimum absolute atomic E-state index is 0.0601. The zero-order chi connectivity index (χ0) is 14.4. The van der Waals surface area contributed by atoms with Crippen molar-refractivity contribution in [1.82, 2.24) is 5.32 Å². The summed E-state index contributed by atoms with van der Waals surface area (Å²) in [7, 11) is 0. The molecular weight excluding hydrogens is 252 g/mol. The summed E-state index contributed by atoms with van der Waals surface area (Å²) < 4.78 is 5.43. The van der Waals surface area contributed by atoms with E-state index in [0.29, 0.717) is 25.0 Å². The van der Waals surface area contributed by atoms with Crippen LogP contribution in [0.3, 0.4) is 0 Å². The number of amides is 1. The maximum atomic E-state index is 12.1. The molecule has 4 nitrogen and oxygen atoms in total. The van der Waals surface area contributed by atoms with Crippen molar-refractivity contribution < 1.29 is 9.53 Å². The van der Waals surface area contributed by atoms with E-state index in [4.69, 9.17) is 4.74 Å². The van der Waals surface area contributed by atoms with Crippen molar-refractivity contribution in [2.75, 3.05) is 18.5 Å². The molecule has 2 rings (SSSR count). The lowest BCUT2D eigenvalue weighted by Crippen LogP contribution is -2.42. The first-order chi connectivity index (χ1) is 9.69. The Morgan fingerprint density at radius 2 is 2.35 bits per heavy atom. The third-order valence-electron chi connectivity index (χ3n) is 3.76. The first-order valence-electron chi connectivity index (χ1n) is 7.45. The van der Waals surface area contributed by atoms with Gasteiger partial charge in [-0.2, -0.15) is 0 Å². The van der Waals surface area contributed by atoms with E-state index in [-0.39, 0.29) is 5.91 Å². The van der Waals surface area contributed by atoms with Crippen molar-refractivity contribution in [2.24, 2.45) is 5.92 Å². The predicted molar refractivity (Wildman–Crippen MR) is 81.0 cm³/mol. The Bertz CT molecular complexity index is 448. The fourth-order valence-corrected chi connectivity index (χ4v) is 2.63. The number of hydrogen-bond donors (Lipinski definition) is 2. The van der Waals surface area contributed by atoms with E-state index in [9.17, 15) is 4.79 Å². The second kappa shape index (κ2) is 7.29. The molecule has 1 heterocycles. The molecule has 4 heteroatoms. The van der Waals surface area contributed by atoms with Crippen LogP contribution in [0.25, 0.3) is 0 Å². The molecule has 0 saturated carbocycles. The molecule has 1 amide bonds. The maximum Gasteiger partial charge on any atom is 0.225 e. The van der Waals surface area contributed by atoms with E-state index >= 15 is 0 Å². The quantitative estimate of drug-likeness (QED) is 0.869. The number of hydrogen-bond acceptors (Lipinski definition) is 3. The average Bonchev–Trinajstić information content (AvgIpc) is 2.42. The van der Waals surface area contributed by atoms with Crippen LogP contribution in [0.1, 0.15) is 33.1 Å². The van der Waals surface area contributed by atoms with Gasteiger partial charge >= 0.3 is 0 Å². The molecule has 0 spiro atoms. The van der Waals surface area contributed by atoms with Crippen LogP contribution in [0.5, 0.6) is 5.75 Å². The monoisotopic (exact) mass is 276 g/mol. The van der Waals surface area contributed by atoms with Gasteiger partial charge in [-0.05, 0) is 44.4 Å². The fourth-order valence-electron chi connectivity index (χ4n) is 2.63. The number of carbonyl (C=O) groups is 1. The van der Waals surface area contributed by atoms with Gasteiger partial charge < -0.3 is 15.4 Å². The molecule has 2 unspecified atom stereocenters. The van der Waals surface area contributed by atoms with Crippen LogP contribution in [0.2, 0.25) is 0 Å². The topological polar surface area (TPSA) is 50.4 Å². The van der Waals surface area contributed by atoms with Gasteiger partial charge in [-0.3, -0.25) is 4.79 Å². The highest BCUT2D eigenvalue weighted by molar-refractivity contribution is 5.91. The molecule has 1 fully saturated rings. The third-order valence-corrected chi connectivity index (χ3v) is 3.76. The molecular formula is C16H24N2O2. The van der Waals surface area contributed by atoms with E-state index in [1.165, 1.54) is 12.8 Å². The highest BCUT2D eigenvalue weighted by Crippen LogP contribution is 2.20. The van der Waals surface area contributed by atoms with E-state index in [0.717, 1.165) is 18.0 Å². The molecule has 1 aromatic rings. The van der Waals surface area contributed by atoms with Gasteiger partial charge in [0.25, 0.3) is 0 Å². The summed E-state index contributed by atoms with van der Waals surface area (Å²) in [4.78, 5) is 12.1. The van der Waals surface area contributed by atoms with E-state index < -0.39 is 0 Å². The van der Waals surface area contributed by atoms with Gasteiger partial charge in [0.05, 0.1) is 6.61 Å². The second-order valence-electron chi connectivity index (χ2n) is 5.39. The lowest BCUT2D eigenvalue weighted by molar-refractivity contribution is -0.117. The molecule has 0 bridgehead atoms. The van der Waals surface area contributed by atoms with Gasteiger partial charge in [-0.1, -0.05) is 13.0 Å². The largest absolute Gasteiger partial charge is 0.494 e. The molecule has 2 N–H and O–H groups in total. The summed E-state index contributed by atoms with van der Waals surface area (Å²) in [6, 6.07) is 7.82. The Morgan fingerprint density at radius 1 is 1.50 bits per heavy atom. The lowest BCUT2D eigenvalue weighted by Gasteiger charge is -2.29. The Hall–Kier alpha value is -1.55. The first-order valence-corrected chi connectivity index (χ1v) is 7.45. The molecule has 1 saturated heterocycles. The van der Waals surface area contributed by atoms with Crippen LogP contribution in [-0.2, 0) is 4.79 Å². The molecule has 0 aliphatic carbocycles. The maximum absolute atomic E-state index is 12.1. The molecule has 1 aromatic carbocycles. The summed E-state index contributed by atoms with van der Waals surface area (Å²) >= 11 is 0. The summed E-state index contributed by atoms with van der Waals surface area (Å²) in [6.07, 6.45) is 2.93. The standard InChI is InChI=1S/C16H24N2O2/c1-3-20-14-8-4-7-13(10-14)18-16(19)11-15-12(2)6-5-9-17-15/h4,7-8,10,12,15,17H,3,5-6,9,11H2,1-2H3,(H,18,19). The zero-order valence-corrected chi connectivity index (χ0v) is 12.3. The normalized spacial score (nSPS) is 22.3. The van der Waals surface area contributed by atoms with Gasteiger partial charge in [0, 0.05) is 24.2 Å². The van der Waals surface area contributed by atoms with Crippen molar-refractivity contribution in [2.45, 2.75) is 39.2 Å². The molecule has 2 atom stereocenters. The second-order valence-corrected chi connectivity index (χ2v) is 5.39. The minimum atomic E-state index is 0.0601. The van der Waals surface area contributed by atoms with Crippen LogP contribution < -0.4 is 15.4 Å². The minimum Gasteiger partial charge on any atom is -0.494 e. The summed E-state index contributed by atoms with van der Waals surface area (Å²) in [6.45, 7) is 5.80. The van der Waals surface area contributed by atoms with Gasteiger partial charge in [0.1, 0.15) is 5.75 Å². The van der Waals surface area contributed by atoms with E-state index in [2.05, 4.69) is 17.6 Å². The number of nitrogens with one attached hydrogen (secondary N) is 2. The highest BCUT2D eigenvalue weighted by atomic mass is 16.5. The number of carbonyl (C=O) groups excluding carboxylic acids is 1. The van der Waals surface area contributed by atoms with Gasteiger partial charge in [0.2, 0.25) is 5.91 Å². The SMILES string of the molecule is CCOc1cccc(NC(=O)CC2NCCCC2C)c1. The van der Waals surface area contributed by atoms with Crippen molar-refractivity contribution >= 4 is 11.6 Å². The molecule has 20 heavy (non-hydrogen) atoms. The number of anilines is 1. The van der Waals surface area contributed by atoms with Crippen LogP contribution in [0.4, 0.5) is 5.69 Å². The van der Waals surface area contributed by atoms with Crippen LogP contribution >= 0.6 is 0 Å². The van der Waals surface area contributed by atoms with Crippen molar-refractivity contribution in [3.05, 3.63) is 24.3 Å². The van der Waals surface area contributed by atoms with Crippen LogP contribution in [-0.4, -0.2) is 25.1 Å². The number of piperidine rings is 1. The molecule has 0 aromatic heterocycles. The molecule has 1 aliphatic rings. The number of rotatable bonds is 5. The summed E-state index contributed by atoms with van der Waals surface area (Å²) in [5.41, 5.74) is 0.796. The van der Waals surface area contributed by atoms with Crippen LogP contribution in [0, 0.1) is 5.92 Å². The number of ether oxygens (including phenoxy) is 1. The lowest BCUT2D eigenvalue weighted by atomic mass is 9.90. The summed E-state index contributed by atoms with van der Waals surface area (Å²) in [5, 5.41) is 6.38.